The van der Waals surface area contributed by atoms with Gasteiger partial charge in [0.05, 0.1) is 6.10 Å². The maximum Gasteiger partial charge on any atom is 0.123 e. The third-order valence-electron chi connectivity index (χ3n) is 2.08. The van der Waals surface area contributed by atoms with Crippen LogP contribution in [0.3, 0.4) is 0 Å². The molecule has 0 spiro atoms. The molecule has 0 aromatic heterocycles. The molecule has 1 atom stereocenters. The van der Waals surface area contributed by atoms with Gasteiger partial charge < -0.3 is 10.0 Å². The van der Waals surface area contributed by atoms with E-state index in [0.29, 0.717) is 12.0 Å². The van der Waals surface area contributed by atoms with Gasteiger partial charge in [-0.2, -0.15) is 0 Å². The van der Waals surface area contributed by atoms with E-state index in [1.54, 1.807) is 12.1 Å². The molecular formula is C11H16FNO. The molecule has 0 radical (unpaired) electrons. The highest BCUT2D eigenvalue weighted by Gasteiger charge is 2.07. The predicted octanol–water partition coefficient (Wildman–Crippen LogP) is 1.81. The fourth-order valence-electron chi connectivity index (χ4n) is 1.26. The van der Waals surface area contributed by atoms with Crippen molar-refractivity contribution in [2.45, 2.75) is 12.5 Å². The second-order valence-corrected chi connectivity index (χ2v) is 3.66. The first-order valence-corrected chi connectivity index (χ1v) is 4.68. The third kappa shape index (κ3) is 3.44. The Labute approximate surface area is 84.0 Å². The smallest absolute Gasteiger partial charge is 0.123 e. The van der Waals surface area contributed by atoms with Crippen molar-refractivity contribution in [3.63, 3.8) is 0 Å². The van der Waals surface area contributed by atoms with Crippen LogP contribution in [0.1, 0.15) is 18.1 Å². The molecule has 2 nitrogen and oxygen atoms in total. The SMILES string of the molecule is CN(C)CC[C@H](O)c1cccc(F)c1. The number of hydrogen-bond acceptors (Lipinski definition) is 2. The molecule has 0 saturated heterocycles. The summed E-state index contributed by atoms with van der Waals surface area (Å²) in [6.07, 6.45) is 0.0456. The normalized spacial score (nSPS) is 13.2. The van der Waals surface area contributed by atoms with Crippen molar-refractivity contribution >= 4 is 0 Å². The molecule has 0 aliphatic rings. The Bertz CT molecular complexity index is 288. The van der Waals surface area contributed by atoms with E-state index in [4.69, 9.17) is 0 Å². The average molecular weight is 197 g/mol. The molecule has 0 amide bonds. The van der Waals surface area contributed by atoms with Crippen LogP contribution in [0, 0.1) is 5.82 Å². The van der Waals surface area contributed by atoms with Gasteiger partial charge in [-0.25, -0.2) is 4.39 Å². The summed E-state index contributed by atoms with van der Waals surface area (Å²) in [6.45, 7) is 0.789. The van der Waals surface area contributed by atoms with Crippen molar-refractivity contribution in [1.29, 1.82) is 0 Å². The van der Waals surface area contributed by atoms with Crippen molar-refractivity contribution in [2.75, 3.05) is 20.6 Å². The summed E-state index contributed by atoms with van der Waals surface area (Å²) in [5.74, 6) is -0.300. The molecule has 14 heavy (non-hydrogen) atoms. The van der Waals surface area contributed by atoms with Crippen molar-refractivity contribution in [1.82, 2.24) is 4.90 Å². The van der Waals surface area contributed by atoms with E-state index in [1.807, 2.05) is 19.0 Å². The van der Waals surface area contributed by atoms with Crippen LogP contribution in [0.15, 0.2) is 24.3 Å². The Balaban J connectivity index is 2.56. The molecule has 0 heterocycles. The first-order chi connectivity index (χ1) is 6.59. The minimum absolute atomic E-state index is 0.300. The van der Waals surface area contributed by atoms with Crippen LogP contribution in [0.5, 0.6) is 0 Å². The Hall–Kier alpha value is -0.930. The maximum absolute atomic E-state index is 12.8. The van der Waals surface area contributed by atoms with Crippen molar-refractivity contribution in [2.24, 2.45) is 0 Å². The summed E-state index contributed by atoms with van der Waals surface area (Å²) < 4.78 is 12.8. The molecule has 0 aliphatic heterocycles. The van der Waals surface area contributed by atoms with E-state index in [9.17, 15) is 9.50 Å². The fourth-order valence-corrected chi connectivity index (χ4v) is 1.26. The Morgan fingerprint density at radius 3 is 2.71 bits per heavy atom. The number of halogens is 1. The Morgan fingerprint density at radius 2 is 2.14 bits per heavy atom. The lowest BCUT2D eigenvalue weighted by Gasteiger charge is -2.14. The van der Waals surface area contributed by atoms with Gasteiger partial charge in [0.1, 0.15) is 5.82 Å². The van der Waals surface area contributed by atoms with Gasteiger partial charge in [0.2, 0.25) is 0 Å². The minimum Gasteiger partial charge on any atom is -0.388 e. The molecule has 0 unspecified atom stereocenters. The van der Waals surface area contributed by atoms with Crippen LogP contribution in [-0.4, -0.2) is 30.6 Å². The molecular weight excluding hydrogens is 181 g/mol. The lowest BCUT2D eigenvalue weighted by molar-refractivity contribution is 0.154. The van der Waals surface area contributed by atoms with Crippen molar-refractivity contribution in [3.8, 4) is 0 Å². The molecule has 0 bridgehead atoms. The fraction of sp³-hybridized carbons (Fsp3) is 0.455. The highest BCUT2D eigenvalue weighted by Crippen LogP contribution is 2.17. The van der Waals surface area contributed by atoms with Gasteiger partial charge >= 0.3 is 0 Å². The highest BCUT2D eigenvalue weighted by molar-refractivity contribution is 5.18. The van der Waals surface area contributed by atoms with E-state index in [-0.39, 0.29) is 5.82 Å². The van der Waals surface area contributed by atoms with Crippen molar-refractivity contribution in [3.05, 3.63) is 35.6 Å². The highest BCUT2D eigenvalue weighted by atomic mass is 19.1. The summed E-state index contributed by atoms with van der Waals surface area (Å²) in [7, 11) is 3.89. The molecule has 1 N–H and O–H groups in total. The van der Waals surface area contributed by atoms with Gasteiger partial charge in [-0.05, 0) is 38.2 Å². The van der Waals surface area contributed by atoms with E-state index < -0.39 is 6.10 Å². The van der Waals surface area contributed by atoms with Crippen LogP contribution >= 0.6 is 0 Å². The Morgan fingerprint density at radius 1 is 1.43 bits per heavy atom. The lowest BCUT2D eigenvalue weighted by Crippen LogP contribution is -2.15. The standard InChI is InChI=1S/C11H16FNO/c1-13(2)7-6-11(14)9-4-3-5-10(12)8-9/h3-5,8,11,14H,6-7H2,1-2H3/t11-/m0/s1. The number of rotatable bonds is 4. The topological polar surface area (TPSA) is 23.5 Å². The Kier molecular flexibility index (Phi) is 4.04. The van der Waals surface area contributed by atoms with Crippen LogP contribution in [0.2, 0.25) is 0 Å². The van der Waals surface area contributed by atoms with Crippen LogP contribution in [0.25, 0.3) is 0 Å². The summed E-state index contributed by atoms with van der Waals surface area (Å²) in [5.41, 5.74) is 0.645. The summed E-state index contributed by atoms with van der Waals surface area (Å²) in [5, 5.41) is 9.70. The molecule has 3 heteroatoms. The molecule has 78 valence electrons. The number of aliphatic hydroxyl groups is 1. The number of hydrogen-bond donors (Lipinski definition) is 1. The third-order valence-corrected chi connectivity index (χ3v) is 2.08. The summed E-state index contributed by atoms with van der Waals surface area (Å²) >= 11 is 0. The van der Waals surface area contributed by atoms with E-state index >= 15 is 0 Å². The number of benzene rings is 1. The maximum atomic E-state index is 12.8. The zero-order valence-corrected chi connectivity index (χ0v) is 8.57. The summed E-state index contributed by atoms with van der Waals surface area (Å²) in [6, 6.07) is 6.11. The van der Waals surface area contributed by atoms with Crippen LogP contribution < -0.4 is 0 Å². The van der Waals surface area contributed by atoms with Gasteiger partial charge in [0.25, 0.3) is 0 Å². The van der Waals surface area contributed by atoms with Gasteiger partial charge in [-0.3, -0.25) is 0 Å². The quantitative estimate of drug-likeness (QED) is 0.795. The molecule has 1 aromatic carbocycles. The van der Waals surface area contributed by atoms with E-state index in [2.05, 4.69) is 0 Å². The van der Waals surface area contributed by atoms with Gasteiger partial charge in [-0.15, -0.1) is 0 Å². The molecule has 0 aliphatic carbocycles. The molecule has 0 saturated carbocycles. The zero-order valence-electron chi connectivity index (χ0n) is 8.57. The molecule has 1 aromatic rings. The first-order valence-electron chi connectivity index (χ1n) is 4.68. The molecule has 1 rings (SSSR count). The minimum atomic E-state index is -0.576. The zero-order chi connectivity index (χ0) is 10.6. The van der Waals surface area contributed by atoms with Crippen LogP contribution in [-0.2, 0) is 0 Å². The van der Waals surface area contributed by atoms with E-state index in [0.717, 1.165) is 6.54 Å². The van der Waals surface area contributed by atoms with Crippen molar-refractivity contribution < 1.29 is 9.50 Å². The second kappa shape index (κ2) is 5.08. The average Bonchev–Trinajstić information content (AvgIpc) is 2.14. The lowest BCUT2D eigenvalue weighted by atomic mass is 10.1. The van der Waals surface area contributed by atoms with E-state index in [1.165, 1.54) is 12.1 Å². The molecule has 0 fully saturated rings. The first kappa shape index (κ1) is 11.1. The second-order valence-electron chi connectivity index (χ2n) is 3.66. The predicted molar refractivity (Wildman–Crippen MR) is 54.5 cm³/mol. The van der Waals surface area contributed by atoms with Gasteiger partial charge in [-0.1, -0.05) is 12.1 Å². The van der Waals surface area contributed by atoms with Gasteiger partial charge in [0, 0.05) is 6.54 Å². The number of nitrogens with zero attached hydrogens (tertiary/aromatic N) is 1. The largest absolute Gasteiger partial charge is 0.388 e. The summed E-state index contributed by atoms with van der Waals surface area (Å²) in [4.78, 5) is 1.99. The number of aliphatic hydroxyl groups excluding tert-OH is 1. The van der Waals surface area contributed by atoms with Gasteiger partial charge in [0.15, 0.2) is 0 Å². The monoisotopic (exact) mass is 197 g/mol. The van der Waals surface area contributed by atoms with Crippen LogP contribution in [0.4, 0.5) is 4.39 Å².